The zero-order valence-corrected chi connectivity index (χ0v) is 14.0. The molecule has 0 radical (unpaired) electrons. The highest BCUT2D eigenvalue weighted by atomic mass is 32.1. The fourth-order valence-corrected chi connectivity index (χ4v) is 3.25. The number of amides is 1. The molecule has 0 aliphatic carbocycles. The first-order valence-electron chi connectivity index (χ1n) is 7.08. The molecule has 1 atom stereocenters. The average molecular weight is 306 g/mol. The lowest BCUT2D eigenvalue weighted by Gasteiger charge is -2.22. The van der Waals surface area contributed by atoms with Crippen LogP contribution in [0.5, 0.6) is 0 Å². The zero-order chi connectivity index (χ0) is 15.6. The summed E-state index contributed by atoms with van der Waals surface area (Å²) in [7, 11) is 1.95. The molecular formula is C15H22N4OS. The molecule has 5 nitrogen and oxygen atoms in total. The number of imidazole rings is 1. The van der Waals surface area contributed by atoms with E-state index in [0.29, 0.717) is 6.42 Å². The van der Waals surface area contributed by atoms with Gasteiger partial charge < -0.3 is 9.88 Å². The van der Waals surface area contributed by atoms with E-state index in [-0.39, 0.29) is 17.9 Å². The molecule has 2 aromatic rings. The van der Waals surface area contributed by atoms with E-state index in [9.17, 15) is 4.79 Å². The Morgan fingerprint density at radius 3 is 2.62 bits per heavy atom. The highest BCUT2D eigenvalue weighted by Gasteiger charge is 2.22. The number of nitrogens with zero attached hydrogens (tertiary/aromatic N) is 3. The lowest BCUT2D eigenvalue weighted by atomic mass is 10.0. The zero-order valence-electron chi connectivity index (χ0n) is 13.2. The van der Waals surface area contributed by atoms with Gasteiger partial charge in [-0.2, -0.15) is 0 Å². The second-order valence-electron chi connectivity index (χ2n) is 5.60. The number of aromatic nitrogens is 3. The standard InChI is InChI=1S/C15H22N4OS/c1-9(2)14(15-16-6-7-19(15)5)18-13(20)8-12-10(3)17-11(4)21-12/h6-7,9,14H,8H2,1-5H3,(H,18,20)/t14-/m1/s1. The van der Waals surface area contributed by atoms with E-state index in [0.717, 1.165) is 21.4 Å². The van der Waals surface area contributed by atoms with Crippen LogP contribution in [0.2, 0.25) is 0 Å². The Morgan fingerprint density at radius 2 is 2.14 bits per heavy atom. The Bertz CT molecular complexity index is 629. The summed E-state index contributed by atoms with van der Waals surface area (Å²) >= 11 is 1.59. The Labute approximate surface area is 129 Å². The summed E-state index contributed by atoms with van der Waals surface area (Å²) in [5.41, 5.74) is 0.950. The van der Waals surface area contributed by atoms with Gasteiger partial charge in [-0.05, 0) is 19.8 Å². The summed E-state index contributed by atoms with van der Waals surface area (Å²) in [6.45, 7) is 8.08. The molecule has 6 heteroatoms. The molecule has 0 bridgehead atoms. The van der Waals surface area contributed by atoms with E-state index in [1.807, 2.05) is 31.7 Å². The summed E-state index contributed by atoms with van der Waals surface area (Å²) in [6, 6.07) is -0.0770. The van der Waals surface area contributed by atoms with Crippen LogP contribution in [0, 0.1) is 19.8 Å². The molecule has 2 rings (SSSR count). The van der Waals surface area contributed by atoms with Crippen molar-refractivity contribution in [1.29, 1.82) is 0 Å². The van der Waals surface area contributed by atoms with Gasteiger partial charge in [0.25, 0.3) is 0 Å². The normalized spacial score (nSPS) is 12.7. The number of hydrogen-bond acceptors (Lipinski definition) is 4. The number of rotatable bonds is 5. The van der Waals surface area contributed by atoms with Crippen molar-refractivity contribution in [2.24, 2.45) is 13.0 Å². The van der Waals surface area contributed by atoms with Gasteiger partial charge in [-0.15, -0.1) is 11.3 Å². The van der Waals surface area contributed by atoms with E-state index in [1.165, 1.54) is 0 Å². The molecule has 0 fully saturated rings. The van der Waals surface area contributed by atoms with E-state index < -0.39 is 0 Å². The van der Waals surface area contributed by atoms with Crippen LogP contribution in [-0.2, 0) is 18.3 Å². The third kappa shape index (κ3) is 3.69. The maximum atomic E-state index is 12.3. The van der Waals surface area contributed by atoms with Gasteiger partial charge in [-0.3, -0.25) is 4.79 Å². The van der Waals surface area contributed by atoms with E-state index in [1.54, 1.807) is 17.5 Å². The van der Waals surface area contributed by atoms with E-state index in [4.69, 9.17) is 0 Å². The third-order valence-electron chi connectivity index (χ3n) is 3.44. The summed E-state index contributed by atoms with van der Waals surface area (Å²) < 4.78 is 1.95. The van der Waals surface area contributed by atoms with Crippen molar-refractivity contribution in [3.63, 3.8) is 0 Å². The molecule has 0 aliphatic rings. The van der Waals surface area contributed by atoms with Crippen molar-refractivity contribution >= 4 is 17.2 Å². The molecule has 2 aromatic heterocycles. The largest absolute Gasteiger partial charge is 0.346 e. The van der Waals surface area contributed by atoms with E-state index >= 15 is 0 Å². The highest BCUT2D eigenvalue weighted by molar-refractivity contribution is 7.11. The minimum atomic E-state index is -0.0770. The van der Waals surface area contributed by atoms with Crippen molar-refractivity contribution in [3.05, 3.63) is 33.8 Å². The number of carbonyl (C=O) groups is 1. The lowest BCUT2D eigenvalue weighted by molar-refractivity contribution is -0.121. The fourth-order valence-electron chi connectivity index (χ4n) is 2.31. The Hall–Kier alpha value is -1.69. The number of thiazole rings is 1. The number of carbonyl (C=O) groups excluding carboxylic acids is 1. The summed E-state index contributed by atoms with van der Waals surface area (Å²) in [6.07, 6.45) is 4.03. The van der Waals surface area contributed by atoms with Crippen LogP contribution in [0.4, 0.5) is 0 Å². The SMILES string of the molecule is Cc1nc(C)c(CC(=O)N[C@@H](c2nccn2C)C(C)C)s1. The predicted octanol–water partition coefficient (Wildman–Crippen LogP) is 2.55. The fraction of sp³-hybridized carbons (Fsp3) is 0.533. The smallest absolute Gasteiger partial charge is 0.225 e. The molecule has 2 heterocycles. The Kier molecular flexibility index (Phi) is 4.77. The minimum absolute atomic E-state index is 0.0171. The Morgan fingerprint density at radius 1 is 1.43 bits per heavy atom. The molecule has 1 N–H and O–H groups in total. The van der Waals surface area contributed by atoms with Crippen LogP contribution >= 0.6 is 11.3 Å². The molecule has 0 unspecified atom stereocenters. The van der Waals surface area contributed by atoms with Gasteiger partial charge in [0, 0.05) is 24.3 Å². The van der Waals surface area contributed by atoms with Crippen LogP contribution in [0.3, 0.4) is 0 Å². The monoisotopic (exact) mass is 306 g/mol. The van der Waals surface area contributed by atoms with Crippen LogP contribution in [0.15, 0.2) is 12.4 Å². The summed E-state index contributed by atoms with van der Waals surface area (Å²) in [4.78, 5) is 22.1. The molecule has 0 saturated carbocycles. The van der Waals surface area contributed by atoms with Crippen molar-refractivity contribution in [2.45, 2.75) is 40.2 Å². The minimum Gasteiger partial charge on any atom is -0.346 e. The van der Waals surface area contributed by atoms with Gasteiger partial charge >= 0.3 is 0 Å². The van der Waals surface area contributed by atoms with Crippen molar-refractivity contribution in [1.82, 2.24) is 19.9 Å². The molecular weight excluding hydrogens is 284 g/mol. The maximum Gasteiger partial charge on any atom is 0.225 e. The Balaban J connectivity index is 2.09. The molecule has 0 spiro atoms. The summed E-state index contributed by atoms with van der Waals surface area (Å²) in [5.74, 6) is 1.18. The van der Waals surface area contributed by atoms with Gasteiger partial charge in [0.2, 0.25) is 5.91 Å². The third-order valence-corrected chi connectivity index (χ3v) is 4.51. The molecule has 114 valence electrons. The second-order valence-corrected chi connectivity index (χ2v) is 6.89. The highest BCUT2D eigenvalue weighted by Crippen LogP contribution is 2.21. The maximum absolute atomic E-state index is 12.3. The van der Waals surface area contributed by atoms with Crippen LogP contribution in [-0.4, -0.2) is 20.4 Å². The quantitative estimate of drug-likeness (QED) is 0.923. The molecule has 0 aliphatic heterocycles. The van der Waals surface area contributed by atoms with Crippen LogP contribution in [0.1, 0.15) is 41.3 Å². The molecule has 1 amide bonds. The van der Waals surface area contributed by atoms with Gasteiger partial charge in [0.05, 0.1) is 23.2 Å². The molecule has 21 heavy (non-hydrogen) atoms. The molecule has 0 saturated heterocycles. The molecule has 0 aromatic carbocycles. The average Bonchev–Trinajstić information content (AvgIpc) is 2.93. The van der Waals surface area contributed by atoms with Gasteiger partial charge in [0.15, 0.2) is 0 Å². The second kappa shape index (κ2) is 6.39. The van der Waals surface area contributed by atoms with Crippen molar-refractivity contribution < 1.29 is 4.79 Å². The van der Waals surface area contributed by atoms with E-state index in [2.05, 4.69) is 29.1 Å². The first kappa shape index (κ1) is 15.7. The van der Waals surface area contributed by atoms with Crippen LogP contribution < -0.4 is 5.32 Å². The number of nitrogens with one attached hydrogen (secondary N) is 1. The first-order chi connectivity index (χ1) is 9.88. The van der Waals surface area contributed by atoms with Crippen molar-refractivity contribution in [3.8, 4) is 0 Å². The first-order valence-corrected chi connectivity index (χ1v) is 7.89. The van der Waals surface area contributed by atoms with Crippen molar-refractivity contribution in [2.75, 3.05) is 0 Å². The number of hydrogen-bond donors (Lipinski definition) is 1. The van der Waals surface area contributed by atoms with Crippen LogP contribution in [0.25, 0.3) is 0 Å². The summed E-state index contributed by atoms with van der Waals surface area (Å²) in [5, 5.41) is 4.10. The number of aryl methyl sites for hydroxylation is 3. The van der Waals surface area contributed by atoms with Gasteiger partial charge in [0.1, 0.15) is 5.82 Å². The van der Waals surface area contributed by atoms with Gasteiger partial charge in [-0.25, -0.2) is 9.97 Å². The predicted molar refractivity (Wildman–Crippen MR) is 84.2 cm³/mol. The topological polar surface area (TPSA) is 59.8 Å². The van der Waals surface area contributed by atoms with Gasteiger partial charge in [-0.1, -0.05) is 13.8 Å². The lowest BCUT2D eigenvalue weighted by Crippen LogP contribution is -2.34.